The Labute approximate surface area is 198 Å². The van der Waals surface area contributed by atoms with E-state index in [1.165, 1.54) is 5.56 Å². The van der Waals surface area contributed by atoms with Gasteiger partial charge in [0.15, 0.2) is 0 Å². The Morgan fingerprint density at radius 3 is 2.55 bits per heavy atom. The number of nitrogens with zero attached hydrogens (tertiary/aromatic N) is 6. The zero-order valence-corrected chi connectivity index (χ0v) is 19.0. The molecule has 3 aliphatic rings. The molecule has 3 heterocycles. The van der Waals surface area contributed by atoms with Gasteiger partial charge in [-0.15, -0.1) is 4.99 Å². The number of nitriles is 1. The summed E-state index contributed by atoms with van der Waals surface area (Å²) in [5.74, 6) is 1.21. The van der Waals surface area contributed by atoms with Gasteiger partial charge in [-0.05, 0) is 36.5 Å². The Balaban J connectivity index is 1.36. The molecule has 0 saturated carbocycles. The number of carbonyl (C=O) groups is 1. The quantitative estimate of drug-likeness (QED) is 0.398. The number of likely N-dealkylation sites (tertiary alicyclic amines) is 2. The Hall–Kier alpha value is -3.37. The summed E-state index contributed by atoms with van der Waals surface area (Å²) in [7, 11) is 0. The molecule has 2 fully saturated rings. The van der Waals surface area contributed by atoms with E-state index in [4.69, 9.17) is 16.7 Å². The summed E-state index contributed by atoms with van der Waals surface area (Å²) in [6, 6.07) is 17.8. The lowest BCUT2D eigenvalue weighted by Gasteiger charge is -2.42. The second-order valence-corrected chi connectivity index (χ2v) is 9.19. The van der Waals surface area contributed by atoms with E-state index >= 15 is 0 Å². The Bertz CT molecular complexity index is 1120. The van der Waals surface area contributed by atoms with E-state index in [1.54, 1.807) is 5.01 Å². The minimum atomic E-state index is -0.175. The third-order valence-corrected chi connectivity index (χ3v) is 6.76. The summed E-state index contributed by atoms with van der Waals surface area (Å²) < 4.78 is 0. The molecule has 7 nitrogen and oxygen atoms in total. The van der Waals surface area contributed by atoms with E-state index in [-0.39, 0.29) is 11.9 Å². The van der Waals surface area contributed by atoms with Crippen LogP contribution in [0.5, 0.6) is 0 Å². The minimum Gasteiger partial charge on any atom is -0.340 e. The fraction of sp³-hybridized carbons (Fsp3) is 0.360. The molecule has 8 heteroatoms. The van der Waals surface area contributed by atoms with Crippen molar-refractivity contribution in [3.8, 4) is 6.19 Å². The summed E-state index contributed by atoms with van der Waals surface area (Å²) in [6.45, 7) is 2.86. The number of guanidine groups is 1. The molecule has 3 aliphatic heterocycles. The topological polar surface area (TPSA) is 75.3 Å². The number of hydrogen-bond donors (Lipinski definition) is 0. The fourth-order valence-electron chi connectivity index (χ4n) is 4.88. The highest BCUT2D eigenvalue weighted by molar-refractivity contribution is 6.30. The van der Waals surface area contributed by atoms with Gasteiger partial charge in [0.1, 0.15) is 0 Å². The van der Waals surface area contributed by atoms with Gasteiger partial charge in [0.05, 0.1) is 18.3 Å². The van der Waals surface area contributed by atoms with Crippen molar-refractivity contribution in [1.29, 1.82) is 5.26 Å². The van der Waals surface area contributed by atoms with Crippen molar-refractivity contribution in [1.82, 2.24) is 14.8 Å². The number of aliphatic imine (C=N–C) groups is 1. The van der Waals surface area contributed by atoms with Crippen molar-refractivity contribution in [3.05, 3.63) is 70.7 Å². The van der Waals surface area contributed by atoms with Crippen molar-refractivity contribution in [2.75, 3.05) is 26.2 Å². The van der Waals surface area contributed by atoms with E-state index in [2.05, 4.69) is 34.2 Å². The molecule has 168 valence electrons. The van der Waals surface area contributed by atoms with Crippen LogP contribution in [0.4, 0.5) is 0 Å². The zero-order valence-electron chi connectivity index (χ0n) is 18.3. The standard InChI is InChI=1S/C25H25ClN6O/c26-21-10-8-20(9-11-21)24-22(31-12-4-7-23(31)33)16-32(29-24)25(28-17-27)30-14-19(15-30)13-18-5-2-1-3-6-18/h1-3,5-6,8-11,19,22H,4,7,12-16H2. The fourth-order valence-corrected chi connectivity index (χ4v) is 5.00. The Kier molecular flexibility index (Phi) is 6.01. The largest absolute Gasteiger partial charge is 0.340 e. The second-order valence-electron chi connectivity index (χ2n) is 8.75. The predicted octanol–water partition coefficient (Wildman–Crippen LogP) is 3.36. The normalized spacial score (nSPS) is 21.3. The van der Waals surface area contributed by atoms with Gasteiger partial charge >= 0.3 is 0 Å². The Morgan fingerprint density at radius 2 is 1.88 bits per heavy atom. The number of carbonyl (C=O) groups excluding carboxylic acids is 1. The molecule has 0 aromatic heterocycles. The SMILES string of the molecule is N#CN=C(N1CC(Cc2ccccc2)C1)N1CC(N2CCCC2=O)C(c2ccc(Cl)cc2)=N1. The highest BCUT2D eigenvalue weighted by atomic mass is 35.5. The number of hydrogen-bond acceptors (Lipinski definition) is 4. The monoisotopic (exact) mass is 460 g/mol. The predicted molar refractivity (Wildman–Crippen MR) is 128 cm³/mol. The molecule has 5 rings (SSSR count). The maximum absolute atomic E-state index is 12.6. The first-order valence-corrected chi connectivity index (χ1v) is 11.7. The molecule has 2 aromatic carbocycles. The van der Waals surface area contributed by atoms with Crippen molar-refractivity contribution in [3.63, 3.8) is 0 Å². The summed E-state index contributed by atoms with van der Waals surface area (Å²) in [6.07, 6.45) is 4.38. The lowest BCUT2D eigenvalue weighted by Crippen LogP contribution is -2.55. The summed E-state index contributed by atoms with van der Waals surface area (Å²) in [4.78, 5) is 20.7. The third-order valence-electron chi connectivity index (χ3n) is 6.50. The van der Waals surface area contributed by atoms with E-state index in [1.807, 2.05) is 41.4 Å². The van der Waals surface area contributed by atoms with Gasteiger partial charge in [-0.3, -0.25) is 4.79 Å². The molecular formula is C25H25ClN6O. The number of amides is 1. The summed E-state index contributed by atoms with van der Waals surface area (Å²) in [5.41, 5.74) is 3.06. The molecule has 0 aliphatic carbocycles. The van der Waals surface area contributed by atoms with Crippen LogP contribution < -0.4 is 0 Å². The molecule has 0 N–H and O–H groups in total. The van der Waals surface area contributed by atoms with Gasteiger partial charge < -0.3 is 9.80 Å². The zero-order chi connectivity index (χ0) is 22.8. The lowest BCUT2D eigenvalue weighted by molar-refractivity contribution is -0.128. The van der Waals surface area contributed by atoms with Gasteiger partial charge in [0, 0.05) is 36.6 Å². The smallest absolute Gasteiger partial charge is 0.233 e. The third kappa shape index (κ3) is 4.44. The van der Waals surface area contributed by atoms with E-state index in [0.717, 1.165) is 43.8 Å². The van der Waals surface area contributed by atoms with Crippen LogP contribution in [0, 0.1) is 17.4 Å². The maximum atomic E-state index is 12.6. The second kappa shape index (κ2) is 9.24. The molecular weight excluding hydrogens is 436 g/mol. The van der Waals surface area contributed by atoms with Crippen LogP contribution >= 0.6 is 11.6 Å². The molecule has 1 amide bonds. The molecule has 0 spiro atoms. The first-order valence-electron chi connectivity index (χ1n) is 11.3. The molecule has 2 aromatic rings. The van der Waals surface area contributed by atoms with Crippen LogP contribution in [-0.2, 0) is 11.2 Å². The van der Waals surface area contributed by atoms with E-state index in [9.17, 15) is 10.1 Å². The van der Waals surface area contributed by atoms with Crippen LogP contribution in [0.2, 0.25) is 5.02 Å². The first-order chi connectivity index (χ1) is 16.1. The summed E-state index contributed by atoms with van der Waals surface area (Å²) >= 11 is 6.09. The molecule has 0 bridgehead atoms. The van der Waals surface area contributed by atoms with Gasteiger partial charge in [-0.2, -0.15) is 10.4 Å². The minimum absolute atomic E-state index is 0.147. The van der Waals surface area contributed by atoms with Crippen LogP contribution in [0.3, 0.4) is 0 Å². The van der Waals surface area contributed by atoms with Crippen molar-refractivity contribution in [2.45, 2.75) is 25.3 Å². The van der Waals surface area contributed by atoms with Crippen LogP contribution in [-0.4, -0.2) is 64.6 Å². The molecule has 2 saturated heterocycles. The van der Waals surface area contributed by atoms with Crippen molar-refractivity contribution < 1.29 is 4.79 Å². The lowest BCUT2D eigenvalue weighted by atomic mass is 9.92. The van der Waals surface area contributed by atoms with Crippen LogP contribution in [0.25, 0.3) is 0 Å². The molecule has 0 radical (unpaired) electrons. The number of rotatable bonds is 4. The van der Waals surface area contributed by atoms with Crippen LogP contribution in [0.1, 0.15) is 24.0 Å². The van der Waals surface area contributed by atoms with Crippen molar-refractivity contribution >= 4 is 29.2 Å². The van der Waals surface area contributed by atoms with Crippen LogP contribution in [0.15, 0.2) is 64.7 Å². The average molecular weight is 461 g/mol. The van der Waals surface area contributed by atoms with E-state index < -0.39 is 0 Å². The number of benzene rings is 2. The van der Waals surface area contributed by atoms with Gasteiger partial charge in [0.25, 0.3) is 0 Å². The number of halogens is 1. The molecule has 1 atom stereocenters. The number of hydrazone groups is 1. The highest BCUT2D eigenvalue weighted by Gasteiger charge is 2.41. The van der Waals surface area contributed by atoms with Gasteiger partial charge in [-0.1, -0.05) is 54.1 Å². The Morgan fingerprint density at radius 1 is 1.12 bits per heavy atom. The van der Waals surface area contributed by atoms with Crippen molar-refractivity contribution in [2.24, 2.45) is 16.0 Å². The summed E-state index contributed by atoms with van der Waals surface area (Å²) in [5, 5.41) is 16.7. The van der Waals surface area contributed by atoms with Gasteiger partial charge in [0.2, 0.25) is 18.1 Å². The first kappa shape index (κ1) is 21.5. The molecule has 33 heavy (non-hydrogen) atoms. The highest BCUT2D eigenvalue weighted by Crippen LogP contribution is 2.28. The van der Waals surface area contributed by atoms with E-state index in [0.29, 0.717) is 29.9 Å². The van der Waals surface area contributed by atoms with Gasteiger partial charge in [-0.25, -0.2) is 5.01 Å². The maximum Gasteiger partial charge on any atom is 0.233 e. The molecule has 1 unspecified atom stereocenters. The average Bonchev–Trinajstić information content (AvgIpc) is 3.42.